The largest absolute Gasteiger partial charge is 0.462 e. The van der Waals surface area contributed by atoms with Crippen molar-refractivity contribution in [3.8, 4) is 0 Å². The quantitative estimate of drug-likeness (QED) is 0.0261. The molecular weight excluding hydrogens is 853 g/mol. The van der Waals surface area contributed by atoms with E-state index in [1.54, 1.807) is 0 Å². The Balaban J connectivity index is 4.32. The van der Waals surface area contributed by atoms with E-state index in [1.165, 1.54) is 238 Å². The Labute approximate surface area is 430 Å². The number of hydrogen-bond donors (Lipinski definition) is 0. The lowest BCUT2D eigenvalue weighted by atomic mass is 10.0. The number of allylic oxidation sites excluding steroid dienone is 4. The summed E-state index contributed by atoms with van der Waals surface area (Å²) in [7, 11) is 0. The van der Waals surface area contributed by atoms with Crippen LogP contribution >= 0.6 is 0 Å². The second-order valence-electron chi connectivity index (χ2n) is 21.0. The highest BCUT2D eigenvalue weighted by Gasteiger charge is 2.19. The van der Waals surface area contributed by atoms with E-state index in [1.807, 2.05) is 0 Å². The molecule has 0 unspecified atom stereocenters. The van der Waals surface area contributed by atoms with Gasteiger partial charge in [-0.3, -0.25) is 14.4 Å². The third kappa shape index (κ3) is 56.7. The van der Waals surface area contributed by atoms with Crippen molar-refractivity contribution >= 4 is 17.9 Å². The van der Waals surface area contributed by atoms with Crippen molar-refractivity contribution in [1.29, 1.82) is 0 Å². The first-order valence-electron chi connectivity index (χ1n) is 30.8. The summed E-state index contributed by atoms with van der Waals surface area (Å²) in [6, 6.07) is 0. The Hall–Kier alpha value is -2.11. The van der Waals surface area contributed by atoms with Crippen LogP contribution < -0.4 is 0 Å². The molecule has 6 heteroatoms. The lowest BCUT2D eigenvalue weighted by molar-refractivity contribution is -0.167. The SMILES string of the molecule is CCCCCCCC/C=C\CCCCCCCCCCCC(=O)OC[C@H](COC(=O)CCCCCCCCCCCCCCCCCCC)OC(=O)CCCCCCC/C=C\CCCCCCCC. The molecule has 0 aromatic heterocycles. The summed E-state index contributed by atoms with van der Waals surface area (Å²) in [4.78, 5) is 38.2. The van der Waals surface area contributed by atoms with Gasteiger partial charge < -0.3 is 14.2 Å². The Bertz CT molecular complexity index is 1110. The van der Waals surface area contributed by atoms with E-state index in [0.717, 1.165) is 64.2 Å². The minimum absolute atomic E-state index is 0.0703. The molecule has 0 bridgehead atoms. The third-order valence-corrected chi connectivity index (χ3v) is 13.9. The van der Waals surface area contributed by atoms with Gasteiger partial charge in [0.25, 0.3) is 0 Å². The van der Waals surface area contributed by atoms with Crippen LogP contribution in [-0.2, 0) is 28.6 Å². The minimum atomic E-state index is -0.773. The Morgan fingerprint density at radius 3 is 0.725 bits per heavy atom. The number of rotatable bonds is 57. The highest BCUT2D eigenvalue weighted by atomic mass is 16.6. The first kappa shape index (κ1) is 66.9. The maximum Gasteiger partial charge on any atom is 0.306 e. The van der Waals surface area contributed by atoms with Crippen LogP contribution in [0.1, 0.15) is 342 Å². The highest BCUT2D eigenvalue weighted by molar-refractivity contribution is 5.71. The molecule has 0 N–H and O–H groups in total. The summed E-state index contributed by atoms with van der Waals surface area (Å²) >= 11 is 0. The summed E-state index contributed by atoms with van der Waals surface area (Å²) in [6.07, 6.45) is 68.9. The van der Waals surface area contributed by atoms with Gasteiger partial charge >= 0.3 is 17.9 Å². The van der Waals surface area contributed by atoms with Crippen LogP contribution in [0.4, 0.5) is 0 Å². The first-order valence-corrected chi connectivity index (χ1v) is 30.8. The molecule has 0 heterocycles. The number of esters is 3. The summed E-state index contributed by atoms with van der Waals surface area (Å²) in [5, 5.41) is 0. The topological polar surface area (TPSA) is 78.9 Å². The molecule has 1 atom stereocenters. The molecule has 0 radical (unpaired) electrons. The van der Waals surface area contributed by atoms with Crippen molar-refractivity contribution in [3.63, 3.8) is 0 Å². The zero-order valence-electron chi connectivity index (χ0n) is 46.6. The molecule has 406 valence electrons. The predicted molar refractivity (Wildman–Crippen MR) is 298 cm³/mol. The molecule has 69 heavy (non-hydrogen) atoms. The van der Waals surface area contributed by atoms with Gasteiger partial charge in [-0.1, -0.05) is 276 Å². The van der Waals surface area contributed by atoms with Gasteiger partial charge in [-0.2, -0.15) is 0 Å². The van der Waals surface area contributed by atoms with Crippen molar-refractivity contribution in [1.82, 2.24) is 0 Å². The number of ether oxygens (including phenoxy) is 3. The fourth-order valence-corrected chi connectivity index (χ4v) is 9.26. The fourth-order valence-electron chi connectivity index (χ4n) is 9.26. The van der Waals surface area contributed by atoms with E-state index in [-0.39, 0.29) is 31.1 Å². The molecular formula is C63H118O6. The van der Waals surface area contributed by atoms with Gasteiger partial charge in [0.15, 0.2) is 6.10 Å². The van der Waals surface area contributed by atoms with Gasteiger partial charge in [0.05, 0.1) is 0 Å². The number of carbonyl (C=O) groups is 3. The normalized spacial score (nSPS) is 12.1. The van der Waals surface area contributed by atoms with Gasteiger partial charge in [0.2, 0.25) is 0 Å². The van der Waals surface area contributed by atoms with Crippen LogP contribution in [0.3, 0.4) is 0 Å². The molecule has 6 nitrogen and oxygen atoms in total. The smallest absolute Gasteiger partial charge is 0.306 e. The summed E-state index contributed by atoms with van der Waals surface area (Å²) < 4.78 is 16.9. The van der Waals surface area contributed by atoms with Crippen LogP contribution in [0, 0.1) is 0 Å². The summed E-state index contributed by atoms with van der Waals surface area (Å²) in [5.74, 6) is -0.857. The summed E-state index contributed by atoms with van der Waals surface area (Å²) in [5.41, 5.74) is 0. The molecule has 0 fully saturated rings. The Morgan fingerprint density at radius 2 is 0.478 bits per heavy atom. The maximum absolute atomic E-state index is 12.9. The second-order valence-corrected chi connectivity index (χ2v) is 21.0. The molecule has 0 aromatic rings. The predicted octanol–water partition coefficient (Wildman–Crippen LogP) is 20.7. The Kier molecular flexibility index (Phi) is 56.7. The molecule has 0 aliphatic rings. The molecule has 0 saturated heterocycles. The van der Waals surface area contributed by atoms with E-state index >= 15 is 0 Å². The molecule has 0 aliphatic carbocycles. The van der Waals surface area contributed by atoms with E-state index < -0.39 is 6.10 Å². The first-order chi connectivity index (χ1) is 34.0. The van der Waals surface area contributed by atoms with E-state index in [2.05, 4.69) is 45.1 Å². The van der Waals surface area contributed by atoms with Crippen molar-refractivity contribution < 1.29 is 28.6 Å². The molecule has 0 aliphatic heterocycles. The molecule has 0 saturated carbocycles. The zero-order chi connectivity index (χ0) is 50.0. The van der Waals surface area contributed by atoms with Crippen molar-refractivity contribution in [2.24, 2.45) is 0 Å². The summed E-state index contributed by atoms with van der Waals surface area (Å²) in [6.45, 7) is 6.68. The average Bonchev–Trinajstić information content (AvgIpc) is 3.35. The van der Waals surface area contributed by atoms with Crippen molar-refractivity contribution in [2.75, 3.05) is 13.2 Å². The van der Waals surface area contributed by atoms with Gasteiger partial charge in [-0.05, 0) is 70.6 Å². The number of carbonyl (C=O) groups excluding carboxylic acids is 3. The van der Waals surface area contributed by atoms with E-state index in [4.69, 9.17) is 14.2 Å². The highest BCUT2D eigenvalue weighted by Crippen LogP contribution is 2.17. The third-order valence-electron chi connectivity index (χ3n) is 13.9. The number of hydrogen-bond acceptors (Lipinski definition) is 6. The van der Waals surface area contributed by atoms with Gasteiger partial charge in [-0.15, -0.1) is 0 Å². The van der Waals surface area contributed by atoms with Crippen LogP contribution in [0.15, 0.2) is 24.3 Å². The molecule has 0 aromatic carbocycles. The Morgan fingerprint density at radius 1 is 0.275 bits per heavy atom. The lowest BCUT2D eigenvalue weighted by Crippen LogP contribution is -2.30. The minimum Gasteiger partial charge on any atom is -0.462 e. The van der Waals surface area contributed by atoms with Crippen LogP contribution in [0.25, 0.3) is 0 Å². The fraction of sp³-hybridized carbons (Fsp3) is 0.889. The lowest BCUT2D eigenvalue weighted by Gasteiger charge is -2.18. The zero-order valence-corrected chi connectivity index (χ0v) is 46.6. The standard InChI is InChI=1S/C63H118O6/c1-4-7-10-13-16-19-22-25-28-30-31-33-36-38-41-44-47-50-53-56-62(65)68-59-60(69-63(66)57-54-51-48-45-42-39-34-27-24-21-18-15-12-9-6-3)58-67-61(64)55-52-49-46-43-40-37-35-32-29-26-23-20-17-14-11-8-5-2/h25,27-28,34,60H,4-24,26,29-33,35-59H2,1-3H3/b28-25-,34-27-/t60-/m0/s1. The maximum atomic E-state index is 12.9. The molecule has 0 rings (SSSR count). The van der Waals surface area contributed by atoms with Gasteiger partial charge in [-0.25, -0.2) is 0 Å². The van der Waals surface area contributed by atoms with Gasteiger partial charge in [0.1, 0.15) is 13.2 Å². The molecule has 0 amide bonds. The van der Waals surface area contributed by atoms with Gasteiger partial charge in [0, 0.05) is 19.3 Å². The average molecular weight is 972 g/mol. The van der Waals surface area contributed by atoms with E-state index in [9.17, 15) is 14.4 Å². The van der Waals surface area contributed by atoms with Crippen LogP contribution in [0.5, 0.6) is 0 Å². The van der Waals surface area contributed by atoms with E-state index in [0.29, 0.717) is 19.3 Å². The second kappa shape index (κ2) is 58.5. The molecule has 0 spiro atoms. The van der Waals surface area contributed by atoms with Crippen LogP contribution in [0.2, 0.25) is 0 Å². The number of unbranched alkanes of at least 4 members (excludes halogenated alkanes) is 42. The van der Waals surface area contributed by atoms with Crippen molar-refractivity contribution in [3.05, 3.63) is 24.3 Å². The van der Waals surface area contributed by atoms with Crippen LogP contribution in [-0.4, -0.2) is 37.2 Å². The monoisotopic (exact) mass is 971 g/mol. The van der Waals surface area contributed by atoms with Crippen molar-refractivity contribution in [2.45, 2.75) is 348 Å².